The molecule has 0 aliphatic carbocycles. The first-order valence-electron chi connectivity index (χ1n) is 5.42. The van der Waals surface area contributed by atoms with Gasteiger partial charge in [-0.25, -0.2) is 0 Å². The summed E-state index contributed by atoms with van der Waals surface area (Å²) in [6, 6.07) is 5.42. The first-order valence-corrected chi connectivity index (χ1v) is 10.8. The van der Waals surface area contributed by atoms with Crippen LogP contribution in [0.25, 0.3) is 0 Å². The van der Waals surface area contributed by atoms with Gasteiger partial charge in [0.05, 0.1) is 0 Å². The number of hydrogen-bond acceptors (Lipinski definition) is 3. The summed E-state index contributed by atoms with van der Waals surface area (Å²) in [6.07, 6.45) is 0. The van der Waals surface area contributed by atoms with E-state index in [0.717, 1.165) is 11.1 Å². The summed E-state index contributed by atoms with van der Waals surface area (Å²) in [5, 5.41) is 0. The van der Waals surface area contributed by atoms with Crippen molar-refractivity contribution in [3.63, 3.8) is 0 Å². The molecule has 0 heterocycles. The molecular weight excluding hydrogens is 255 g/mol. The van der Waals surface area contributed by atoms with Crippen LogP contribution in [-0.2, 0) is 14.1 Å². The van der Waals surface area contributed by atoms with Crippen molar-refractivity contribution in [3.8, 4) is 0 Å². The van der Waals surface area contributed by atoms with Crippen molar-refractivity contribution in [1.82, 2.24) is 0 Å². The van der Waals surface area contributed by atoms with Gasteiger partial charge in [-0.15, -0.1) is 0 Å². The van der Waals surface area contributed by atoms with E-state index in [2.05, 4.69) is 0 Å². The van der Waals surface area contributed by atoms with E-state index in [-0.39, 0.29) is 0 Å². The molecule has 0 fully saturated rings. The Bertz CT molecular complexity index is 509. The second kappa shape index (κ2) is 4.04. The van der Waals surface area contributed by atoms with Crippen LogP contribution >= 0.6 is 6.83 Å². The van der Waals surface area contributed by atoms with Crippen LogP contribution in [0.4, 0.5) is 0 Å². The van der Waals surface area contributed by atoms with Crippen molar-refractivity contribution in [1.29, 1.82) is 0 Å². The summed E-state index contributed by atoms with van der Waals surface area (Å²) in [4.78, 5) is 0.307. The molecule has 17 heavy (non-hydrogen) atoms. The van der Waals surface area contributed by atoms with Crippen molar-refractivity contribution in [2.45, 2.75) is 18.7 Å². The zero-order chi connectivity index (χ0) is 13.5. The van der Waals surface area contributed by atoms with Crippen LogP contribution in [-0.4, -0.2) is 35.1 Å². The van der Waals surface area contributed by atoms with Gasteiger partial charge in [-0.05, 0) is 0 Å². The number of aryl methyl sites for hydroxylation is 2. The minimum absolute atomic E-state index is 0.307. The zero-order valence-corrected chi connectivity index (χ0v) is 13.0. The van der Waals surface area contributed by atoms with Gasteiger partial charge in [-0.2, -0.15) is 0 Å². The normalized spacial score (nSPS) is 15.3. The van der Waals surface area contributed by atoms with Gasteiger partial charge in [0.15, 0.2) is 0 Å². The predicted molar refractivity (Wildman–Crippen MR) is 74.8 cm³/mol. The van der Waals surface area contributed by atoms with Gasteiger partial charge in [0, 0.05) is 0 Å². The van der Waals surface area contributed by atoms with Gasteiger partial charge in [-0.3, -0.25) is 0 Å². The molecule has 0 saturated heterocycles. The fourth-order valence-electron chi connectivity index (χ4n) is 1.62. The first kappa shape index (κ1) is 14.6. The van der Waals surface area contributed by atoms with Gasteiger partial charge in [-0.1, -0.05) is 0 Å². The second-order valence-corrected chi connectivity index (χ2v) is 14.9. The summed E-state index contributed by atoms with van der Waals surface area (Å²) in [5.41, 5.74) is 1.45. The average Bonchev–Trinajstić information content (AvgIpc) is 1.95. The Labute approximate surface area is 104 Å². The summed E-state index contributed by atoms with van der Waals surface area (Å²) in [5.74, 6) is 0. The molecule has 0 saturated carbocycles. The van der Waals surface area contributed by atoms with E-state index < -0.39 is 16.9 Å². The average molecular weight is 276 g/mol. The molecule has 0 bridgehead atoms. The number of hydrogen-bond donors (Lipinski definition) is 0. The van der Waals surface area contributed by atoms with E-state index >= 15 is 0 Å². The zero-order valence-electron chi connectivity index (χ0n) is 11.3. The van der Waals surface area contributed by atoms with Crippen LogP contribution < -0.4 is 0 Å². The molecule has 0 aliphatic heterocycles. The quantitative estimate of drug-likeness (QED) is 0.797. The molecule has 0 unspecified atom stereocenters. The summed E-state index contributed by atoms with van der Waals surface area (Å²) >= 11 is 0. The van der Waals surface area contributed by atoms with Crippen LogP contribution in [0.3, 0.4) is 0 Å². The van der Waals surface area contributed by atoms with E-state index in [0.29, 0.717) is 4.90 Å². The maximum absolute atomic E-state index is 12.3. The molecule has 3 nitrogen and oxygen atoms in total. The van der Waals surface area contributed by atoms with E-state index in [9.17, 15) is 8.42 Å². The Balaban J connectivity index is 3.34. The molecule has 0 atom stereocenters. The fourth-order valence-corrected chi connectivity index (χ4v) is 5.99. The van der Waals surface area contributed by atoms with Crippen molar-refractivity contribution in [2.75, 3.05) is 26.7 Å². The van der Waals surface area contributed by atoms with Crippen LogP contribution in [0, 0.1) is 13.8 Å². The van der Waals surface area contributed by atoms with Gasteiger partial charge in [0.25, 0.3) is 0 Å². The molecule has 0 amide bonds. The molecule has 0 radical (unpaired) electrons. The van der Waals surface area contributed by atoms with Crippen molar-refractivity contribution >= 4 is 16.9 Å². The molecule has 1 rings (SSSR count). The Morgan fingerprint density at radius 1 is 1.00 bits per heavy atom. The molecule has 98 valence electrons. The SMILES string of the molecule is Cc1cccc(C)c1S(=O)(=O)OP(C)(C)(C)C. The van der Waals surface area contributed by atoms with Gasteiger partial charge < -0.3 is 0 Å². The Morgan fingerprint density at radius 2 is 1.41 bits per heavy atom. The number of benzene rings is 1. The third kappa shape index (κ3) is 4.06. The van der Waals surface area contributed by atoms with Crippen LogP contribution in [0.5, 0.6) is 0 Å². The molecule has 1 aromatic carbocycles. The summed E-state index contributed by atoms with van der Waals surface area (Å²) in [6.45, 7) is 8.49. The molecule has 0 aromatic heterocycles. The molecule has 1 aromatic rings. The van der Waals surface area contributed by atoms with E-state index in [4.69, 9.17) is 3.97 Å². The Hall–Kier alpha value is -0.440. The van der Waals surface area contributed by atoms with Crippen molar-refractivity contribution in [3.05, 3.63) is 29.3 Å². The third-order valence-electron chi connectivity index (χ3n) is 2.06. The number of rotatable bonds is 3. The predicted octanol–water partition coefficient (Wildman–Crippen LogP) is 3.00. The van der Waals surface area contributed by atoms with E-state index in [1.807, 2.05) is 32.7 Å². The van der Waals surface area contributed by atoms with Gasteiger partial charge in [0.1, 0.15) is 0 Å². The van der Waals surface area contributed by atoms with Gasteiger partial charge in [0.2, 0.25) is 0 Å². The van der Waals surface area contributed by atoms with Crippen LogP contribution in [0.1, 0.15) is 11.1 Å². The van der Waals surface area contributed by atoms with Crippen molar-refractivity contribution < 1.29 is 12.4 Å². The fraction of sp³-hybridized carbons (Fsp3) is 0.500. The van der Waals surface area contributed by atoms with E-state index in [1.54, 1.807) is 26.0 Å². The topological polar surface area (TPSA) is 43.4 Å². The van der Waals surface area contributed by atoms with Crippen LogP contribution in [0.15, 0.2) is 23.1 Å². The standard InChI is InChI=1S/C12H21O3PS/c1-10-8-7-9-11(2)12(10)17(13,14)15-16(3,4,5)6/h7-9H,1-6H3. The maximum atomic E-state index is 12.3. The monoisotopic (exact) mass is 276 g/mol. The molecule has 0 aliphatic rings. The molecule has 0 N–H and O–H groups in total. The molecule has 5 heteroatoms. The van der Waals surface area contributed by atoms with Gasteiger partial charge >= 0.3 is 104 Å². The first-order chi connectivity index (χ1) is 7.39. The summed E-state index contributed by atoms with van der Waals surface area (Å²) < 4.78 is 30.1. The molecular formula is C12H21O3PS. The van der Waals surface area contributed by atoms with E-state index in [1.165, 1.54) is 0 Å². The minimum atomic E-state index is -3.68. The summed E-state index contributed by atoms with van der Waals surface area (Å²) in [7, 11) is -3.68. The van der Waals surface area contributed by atoms with Crippen LogP contribution in [0.2, 0.25) is 0 Å². The Kier molecular flexibility index (Phi) is 3.48. The Morgan fingerprint density at radius 3 is 1.76 bits per heavy atom. The molecule has 0 spiro atoms. The van der Waals surface area contributed by atoms with Crippen molar-refractivity contribution in [2.24, 2.45) is 0 Å². The second-order valence-electron chi connectivity index (χ2n) is 6.16. The third-order valence-corrected chi connectivity index (χ3v) is 6.37.